The van der Waals surface area contributed by atoms with E-state index >= 15 is 0 Å². The second-order valence-electron chi connectivity index (χ2n) is 5.05. The van der Waals surface area contributed by atoms with Gasteiger partial charge in [0, 0.05) is 18.3 Å². The third-order valence-corrected chi connectivity index (χ3v) is 4.00. The molecule has 0 amide bonds. The first-order valence-electron chi connectivity index (χ1n) is 6.85. The zero-order valence-corrected chi connectivity index (χ0v) is 12.1. The Labute approximate surface area is 115 Å². The number of benzene rings is 1. The highest BCUT2D eigenvalue weighted by Crippen LogP contribution is 2.21. The van der Waals surface area contributed by atoms with Gasteiger partial charge >= 0.3 is 0 Å². The summed E-state index contributed by atoms with van der Waals surface area (Å²) in [5.74, 6) is 0. The summed E-state index contributed by atoms with van der Waals surface area (Å²) < 4.78 is 0. The van der Waals surface area contributed by atoms with Gasteiger partial charge in [-0.1, -0.05) is 24.6 Å². The number of anilines is 1. The molecule has 2 nitrogen and oxygen atoms in total. The summed E-state index contributed by atoms with van der Waals surface area (Å²) in [5, 5.41) is 4.24. The first-order chi connectivity index (χ1) is 8.70. The highest BCUT2D eigenvalue weighted by Gasteiger charge is 2.22. The summed E-state index contributed by atoms with van der Waals surface area (Å²) >= 11 is 5.55. The number of piperidine rings is 1. The minimum absolute atomic E-state index is 0.615. The van der Waals surface area contributed by atoms with Crippen LogP contribution in [-0.4, -0.2) is 22.6 Å². The topological polar surface area (TPSA) is 15.3 Å². The number of thiocarbonyl (C=S) groups is 1. The van der Waals surface area contributed by atoms with E-state index in [0.717, 1.165) is 17.3 Å². The summed E-state index contributed by atoms with van der Waals surface area (Å²) in [4.78, 5) is 2.36. The summed E-state index contributed by atoms with van der Waals surface area (Å²) in [6, 6.07) is 9.01. The molecule has 2 rings (SSSR count). The molecule has 1 fully saturated rings. The molecule has 0 saturated carbocycles. The van der Waals surface area contributed by atoms with Gasteiger partial charge in [0.05, 0.1) is 0 Å². The van der Waals surface area contributed by atoms with E-state index in [1.54, 1.807) is 0 Å². The molecule has 0 radical (unpaired) electrons. The molecule has 1 aromatic carbocycles. The second kappa shape index (κ2) is 6.19. The van der Waals surface area contributed by atoms with Crippen LogP contribution in [0.4, 0.5) is 5.69 Å². The third-order valence-electron chi connectivity index (χ3n) is 3.66. The lowest BCUT2D eigenvalue weighted by molar-refractivity contribution is 0.239. The van der Waals surface area contributed by atoms with Crippen molar-refractivity contribution in [1.82, 2.24) is 4.90 Å². The molecule has 0 unspecified atom stereocenters. The summed E-state index contributed by atoms with van der Waals surface area (Å²) in [6.45, 7) is 5.44. The summed E-state index contributed by atoms with van der Waals surface area (Å²) in [6.07, 6.45) is 5.04. The Kier molecular flexibility index (Phi) is 4.59. The highest BCUT2D eigenvalue weighted by molar-refractivity contribution is 7.80. The minimum Gasteiger partial charge on any atom is -0.346 e. The Bertz CT molecular complexity index is 399. The van der Waals surface area contributed by atoms with Gasteiger partial charge < -0.3 is 10.2 Å². The smallest absolute Gasteiger partial charge is 0.173 e. The molecule has 0 spiro atoms. The number of hydrogen-bond acceptors (Lipinski definition) is 1. The molecule has 18 heavy (non-hydrogen) atoms. The first-order valence-corrected chi connectivity index (χ1v) is 7.26. The van der Waals surface area contributed by atoms with E-state index in [2.05, 4.69) is 48.3 Å². The van der Waals surface area contributed by atoms with Gasteiger partial charge in [0.2, 0.25) is 0 Å². The zero-order chi connectivity index (χ0) is 13.0. The monoisotopic (exact) mass is 262 g/mol. The average molecular weight is 262 g/mol. The van der Waals surface area contributed by atoms with Gasteiger partial charge in [-0.3, -0.25) is 0 Å². The molecule has 98 valence electrons. The highest BCUT2D eigenvalue weighted by atomic mass is 32.1. The van der Waals surface area contributed by atoms with E-state index in [1.165, 1.54) is 31.2 Å². The number of nitrogens with one attached hydrogen (secondary N) is 1. The number of likely N-dealkylation sites (tertiary alicyclic amines) is 1. The largest absolute Gasteiger partial charge is 0.346 e. The number of hydrogen-bond donors (Lipinski definition) is 1. The van der Waals surface area contributed by atoms with Gasteiger partial charge in [-0.15, -0.1) is 0 Å². The van der Waals surface area contributed by atoms with Gasteiger partial charge in [-0.05, 0) is 57.0 Å². The number of aryl methyl sites for hydroxylation is 1. The molecule has 0 bridgehead atoms. The van der Waals surface area contributed by atoms with E-state index in [9.17, 15) is 0 Å². The maximum atomic E-state index is 5.55. The maximum Gasteiger partial charge on any atom is 0.173 e. The fourth-order valence-corrected chi connectivity index (χ4v) is 2.88. The van der Waals surface area contributed by atoms with Crippen LogP contribution >= 0.6 is 12.2 Å². The normalized spacial score (nSPS) is 19.7. The second-order valence-corrected chi connectivity index (χ2v) is 5.43. The van der Waals surface area contributed by atoms with Crippen molar-refractivity contribution in [2.45, 2.75) is 45.6 Å². The van der Waals surface area contributed by atoms with Crippen LogP contribution in [0.15, 0.2) is 24.3 Å². The molecule has 0 aromatic heterocycles. The van der Waals surface area contributed by atoms with E-state index < -0.39 is 0 Å². The average Bonchev–Trinajstić information content (AvgIpc) is 2.41. The molecule has 1 N–H and O–H groups in total. The Hall–Kier alpha value is -1.09. The van der Waals surface area contributed by atoms with Crippen LogP contribution in [0.3, 0.4) is 0 Å². The van der Waals surface area contributed by atoms with E-state index in [4.69, 9.17) is 12.2 Å². The molecule has 1 aliphatic rings. The molecule has 1 aliphatic heterocycles. The molecule has 3 heteroatoms. The van der Waals surface area contributed by atoms with Gasteiger partial charge in [0.25, 0.3) is 0 Å². The van der Waals surface area contributed by atoms with Crippen LogP contribution in [0.1, 0.15) is 38.2 Å². The van der Waals surface area contributed by atoms with Crippen molar-refractivity contribution in [3.63, 3.8) is 0 Å². The lowest BCUT2D eigenvalue weighted by Crippen LogP contribution is -2.45. The van der Waals surface area contributed by atoms with Gasteiger partial charge in [-0.2, -0.15) is 0 Å². The van der Waals surface area contributed by atoms with Crippen molar-refractivity contribution < 1.29 is 0 Å². The van der Waals surface area contributed by atoms with Crippen molar-refractivity contribution in [1.29, 1.82) is 0 Å². The standard InChI is InChI=1S/C15H22N2S/c1-3-14-6-4-5-11-17(14)15(18)16-13-9-7-12(2)8-10-13/h7-10,14H,3-6,11H2,1-2H3,(H,16,18)/t14-/m0/s1. The van der Waals surface area contributed by atoms with E-state index in [0.29, 0.717) is 6.04 Å². The maximum absolute atomic E-state index is 5.55. The quantitative estimate of drug-likeness (QED) is 0.812. The Morgan fingerprint density at radius 1 is 1.33 bits per heavy atom. The molecule has 1 atom stereocenters. The number of nitrogens with zero attached hydrogens (tertiary/aromatic N) is 1. The summed E-state index contributed by atoms with van der Waals surface area (Å²) in [5.41, 5.74) is 2.36. The van der Waals surface area contributed by atoms with Crippen molar-refractivity contribution in [2.75, 3.05) is 11.9 Å². The lowest BCUT2D eigenvalue weighted by atomic mass is 10.0. The van der Waals surface area contributed by atoms with Crippen LogP contribution in [0, 0.1) is 6.92 Å². The molecule has 1 saturated heterocycles. The van der Waals surface area contributed by atoms with Crippen molar-refractivity contribution in [2.24, 2.45) is 0 Å². The SMILES string of the molecule is CC[C@H]1CCCCN1C(=S)Nc1ccc(C)cc1. The van der Waals surface area contributed by atoms with Crippen LogP contribution in [0.5, 0.6) is 0 Å². The molecular formula is C15H22N2S. The molecule has 1 heterocycles. The minimum atomic E-state index is 0.615. The fourth-order valence-electron chi connectivity index (χ4n) is 2.52. The Morgan fingerprint density at radius 2 is 2.06 bits per heavy atom. The molecular weight excluding hydrogens is 240 g/mol. The lowest BCUT2D eigenvalue weighted by Gasteiger charge is -2.37. The van der Waals surface area contributed by atoms with Crippen molar-refractivity contribution >= 4 is 23.0 Å². The van der Waals surface area contributed by atoms with E-state index in [-0.39, 0.29) is 0 Å². The third kappa shape index (κ3) is 3.22. The molecule has 0 aliphatic carbocycles. The van der Waals surface area contributed by atoms with Crippen molar-refractivity contribution in [3.8, 4) is 0 Å². The fraction of sp³-hybridized carbons (Fsp3) is 0.533. The predicted octanol–water partition coefficient (Wildman–Crippen LogP) is 3.96. The van der Waals surface area contributed by atoms with Crippen LogP contribution < -0.4 is 5.32 Å². The van der Waals surface area contributed by atoms with Crippen LogP contribution in [0.25, 0.3) is 0 Å². The van der Waals surface area contributed by atoms with Gasteiger partial charge in [0.1, 0.15) is 0 Å². The molecule has 1 aromatic rings. The predicted molar refractivity (Wildman–Crippen MR) is 82.0 cm³/mol. The number of rotatable bonds is 2. The Morgan fingerprint density at radius 3 is 2.72 bits per heavy atom. The summed E-state index contributed by atoms with van der Waals surface area (Å²) in [7, 11) is 0. The van der Waals surface area contributed by atoms with Gasteiger partial charge in [-0.25, -0.2) is 0 Å². The Balaban J connectivity index is 2.00. The van der Waals surface area contributed by atoms with E-state index in [1.807, 2.05) is 0 Å². The van der Waals surface area contributed by atoms with Crippen molar-refractivity contribution in [3.05, 3.63) is 29.8 Å². The van der Waals surface area contributed by atoms with Crippen LogP contribution in [-0.2, 0) is 0 Å². The van der Waals surface area contributed by atoms with Crippen LogP contribution in [0.2, 0.25) is 0 Å². The first kappa shape index (κ1) is 13.3. The zero-order valence-electron chi connectivity index (χ0n) is 11.3. The van der Waals surface area contributed by atoms with Gasteiger partial charge in [0.15, 0.2) is 5.11 Å².